The number of ether oxygens (including phenoxy) is 1. The van der Waals surface area contributed by atoms with Crippen LogP contribution in [-0.2, 0) is 0 Å². The largest absolute Gasteiger partial charge is 0.497 e. The van der Waals surface area contributed by atoms with Crippen LogP contribution < -0.4 is 4.74 Å². The van der Waals surface area contributed by atoms with Crippen molar-refractivity contribution in [1.29, 1.82) is 5.26 Å². The summed E-state index contributed by atoms with van der Waals surface area (Å²) >= 11 is 0. The van der Waals surface area contributed by atoms with Crippen LogP contribution in [0, 0.1) is 18.3 Å². The first-order valence-corrected chi connectivity index (χ1v) is 6.81. The second kappa shape index (κ2) is 5.70. The van der Waals surface area contributed by atoms with Gasteiger partial charge in [0.25, 0.3) is 0 Å². The van der Waals surface area contributed by atoms with E-state index in [4.69, 9.17) is 4.74 Å². The lowest BCUT2D eigenvalue weighted by Gasteiger charge is -2.09. The third-order valence-electron chi connectivity index (χ3n) is 3.48. The minimum atomic E-state index is 0.299. The van der Waals surface area contributed by atoms with Crippen LogP contribution in [0.15, 0.2) is 48.5 Å². The Morgan fingerprint density at radius 2 is 1.82 bits per heavy atom. The van der Waals surface area contributed by atoms with E-state index in [1.807, 2.05) is 55.5 Å². The van der Waals surface area contributed by atoms with Gasteiger partial charge in [0, 0.05) is 5.56 Å². The van der Waals surface area contributed by atoms with Gasteiger partial charge < -0.3 is 4.74 Å². The van der Waals surface area contributed by atoms with Gasteiger partial charge in [-0.2, -0.15) is 5.26 Å². The standard InChI is InChI=1S/C17H14N4O/c1-12-5-3-4-6-16(12)21-17(15(11-18)19-20-21)13-7-9-14(22-2)10-8-13/h3-10H,1-2H3. The zero-order chi connectivity index (χ0) is 15.5. The molecule has 0 aliphatic carbocycles. The number of nitrogens with zero attached hydrogens (tertiary/aromatic N) is 4. The van der Waals surface area contributed by atoms with E-state index in [1.165, 1.54) is 0 Å². The maximum absolute atomic E-state index is 9.32. The summed E-state index contributed by atoms with van der Waals surface area (Å²) in [5.74, 6) is 0.761. The second-order valence-corrected chi connectivity index (χ2v) is 4.83. The van der Waals surface area contributed by atoms with Crippen LogP contribution in [0.1, 0.15) is 11.3 Å². The molecule has 3 aromatic rings. The van der Waals surface area contributed by atoms with Crippen molar-refractivity contribution in [3.8, 4) is 28.8 Å². The van der Waals surface area contributed by atoms with E-state index < -0.39 is 0 Å². The molecule has 0 saturated carbocycles. The monoisotopic (exact) mass is 290 g/mol. The molecule has 1 aromatic heterocycles. The topological polar surface area (TPSA) is 63.7 Å². The normalized spacial score (nSPS) is 10.2. The van der Waals surface area contributed by atoms with Crippen molar-refractivity contribution >= 4 is 0 Å². The molecule has 0 unspecified atom stereocenters. The lowest BCUT2D eigenvalue weighted by molar-refractivity contribution is 0.415. The van der Waals surface area contributed by atoms with Gasteiger partial charge in [-0.25, -0.2) is 4.68 Å². The summed E-state index contributed by atoms with van der Waals surface area (Å²) in [5.41, 5.74) is 3.81. The van der Waals surface area contributed by atoms with Crippen LogP contribution in [0.4, 0.5) is 0 Å². The molecule has 0 fully saturated rings. The summed E-state index contributed by atoms with van der Waals surface area (Å²) in [7, 11) is 1.62. The molecule has 0 N–H and O–H groups in total. The number of nitriles is 1. The maximum atomic E-state index is 9.32. The minimum absolute atomic E-state index is 0.299. The van der Waals surface area contributed by atoms with E-state index in [0.717, 1.165) is 22.6 Å². The average Bonchev–Trinajstić information content (AvgIpc) is 2.99. The van der Waals surface area contributed by atoms with Gasteiger partial charge in [-0.05, 0) is 42.8 Å². The average molecular weight is 290 g/mol. The van der Waals surface area contributed by atoms with Gasteiger partial charge in [-0.1, -0.05) is 23.4 Å². The molecule has 5 nitrogen and oxygen atoms in total. The van der Waals surface area contributed by atoms with Crippen LogP contribution in [0.25, 0.3) is 16.9 Å². The summed E-state index contributed by atoms with van der Waals surface area (Å²) in [6, 6.07) is 17.5. The predicted molar refractivity (Wildman–Crippen MR) is 82.8 cm³/mol. The first-order valence-electron chi connectivity index (χ1n) is 6.81. The highest BCUT2D eigenvalue weighted by atomic mass is 16.5. The molecule has 5 heteroatoms. The van der Waals surface area contributed by atoms with E-state index in [2.05, 4.69) is 16.4 Å². The van der Waals surface area contributed by atoms with E-state index >= 15 is 0 Å². The Hall–Kier alpha value is -3.13. The lowest BCUT2D eigenvalue weighted by Crippen LogP contribution is -2.02. The van der Waals surface area contributed by atoms with Crippen molar-refractivity contribution in [3.63, 3.8) is 0 Å². The smallest absolute Gasteiger partial charge is 0.191 e. The number of aryl methyl sites for hydroxylation is 1. The quantitative estimate of drug-likeness (QED) is 0.743. The zero-order valence-corrected chi connectivity index (χ0v) is 12.3. The molecule has 22 heavy (non-hydrogen) atoms. The molecule has 108 valence electrons. The van der Waals surface area contributed by atoms with Crippen molar-refractivity contribution in [2.45, 2.75) is 6.92 Å². The number of methoxy groups -OCH3 is 1. The highest BCUT2D eigenvalue weighted by Crippen LogP contribution is 2.27. The Morgan fingerprint density at radius 3 is 2.45 bits per heavy atom. The Morgan fingerprint density at radius 1 is 1.09 bits per heavy atom. The van der Waals surface area contributed by atoms with Gasteiger partial charge in [0.15, 0.2) is 5.69 Å². The highest BCUT2D eigenvalue weighted by molar-refractivity contribution is 5.68. The molecular formula is C17H14N4O. The van der Waals surface area contributed by atoms with Crippen molar-refractivity contribution < 1.29 is 4.74 Å². The van der Waals surface area contributed by atoms with E-state index in [-0.39, 0.29) is 0 Å². The lowest BCUT2D eigenvalue weighted by atomic mass is 10.1. The van der Waals surface area contributed by atoms with E-state index in [0.29, 0.717) is 11.4 Å². The Balaban J connectivity index is 2.20. The first kappa shape index (κ1) is 13.8. The Labute approximate surface area is 128 Å². The predicted octanol–water partition coefficient (Wildman–Crippen LogP) is 3.12. The van der Waals surface area contributed by atoms with Crippen molar-refractivity contribution in [1.82, 2.24) is 15.0 Å². The van der Waals surface area contributed by atoms with E-state index in [9.17, 15) is 5.26 Å². The zero-order valence-electron chi connectivity index (χ0n) is 12.3. The third-order valence-corrected chi connectivity index (χ3v) is 3.48. The van der Waals surface area contributed by atoms with Crippen LogP contribution in [0.2, 0.25) is 0 Å². The molecule has 0 radical (unpaired) electrons. The number of hydrogen-bond acceptors (Lipinski definition) is 4. The highest BCUT2D eigenvalue weighted by Gasteiger charge is 2.17. The molecule has 0 spiro atoms. The molecule has 0 aliphatic rings. The summed E-state index contributed by atoms with van der Waals surface area (Å²) in [6.45, 7) is 2.00. The van der Waals surface area contributed by atoms with Gasteiger partial charge in [0.2, 0.25) is 0 Å². The van der Waals surface area contributed by atoms with Crippen molar-refractivity contribution in [2.24, 2.45) is 0 Å². The molecule has 0 saturated heterocycles. The van der Waals surface area contributed by atoms with Crippen molar-refractivity contribution in [3.05, 3.63) is 59.8 Å². The summed E-state index contributed by atoms with van der Waals surface area (Å²) in [5, 5.41) is 17.5. The number of aromatic nitrogens is 3. The number of benzene rings is 2. The fourth-order valence-electron chi connectivity index (χ4n) is 2.33. The Bertz CT molecular complexity index is 844. The Kier molecular flexibility index (Phi) is 3.58. The van der Waals surface area contributed by atoms with E-state index in [1.54, 1.807) is 11.8 Å². The molecule has 0 bridgehead atoms. The molecular weight excluding hydrogens is 276 g/mol. The SMILES string of the molecule is COc1ccc(-c2c(C#N)nnn2-c2ccccc2C)cc1. The fourth-order valence-corrected chi connectivity index (χ4v) is 2.33. The summed E-state index contributed by atoms with van der Waals surface area (Å²) < 4.78 is 6.88. The summed E-state index contributed by atoms with van der Waals surface area (Å²) in [4.78, 5) is 0. The molecule has 0 amide bonds. The van der Waals surface area contributed by atoms with Crippen LogP contribution >= 0.6 is 0 Å². The summed E-state index contributed by atoms with van der Waals surface area (Å²) in [6.07, 6.45) is 0. The van der Waals surface area contributed by atoms with Gasteiger partial charge >= 0.3 is 0 Å². The first-order chi connectivity index (χ1) is 10.7. The molecule has 2 aromatic carbocycles. The van der Waals surface area contributed by atoms with Gasteiger partial charge in [-0.3, -0.25) is 0 Å². The fraction of sp³-hybridized carbons (Fsp3) is 0.118. The van der Waals surface area contributed by atoms with Crippen LogP contribution in [-0.4, -0.2) is 22.1 Å². The van der Waals surface area contributed by atoms with Crippen molar-refractivity contribution in [2.75, 3.05) is 7.11 Å². The van der Waals surface area contributed by atoms with Gasteiger partial charge in [-0.15, -0.1) is 5.10 Å². The molecule has 0 aliphatic heterocycles. The number of para-hydroxylation sites is 1. The second-order valence-electron chi connectivity index (χ2n) is 4.83. The molecule has 0 atom stereocenters. The van der Waals surface area contributed by atoms with Gasteiger partial charge in [0.05, 0.1) is 12.8 Å². The molecule has 3 rings (SSSR count). The maximum Gasteiger partial charge on any atom is 0.191 e. The number of rotatable bonds is 3. The van der Waals surface area contributed by atoms with Crippen LogP contribution in [0.3, 0.4) is 0 Å². The van der Waals surface area contributed by atoms with Gasteiger partial charge in [0.1, 0.15) is 17.5 Å². The van der Waals surface area contributed by atoms with Crippen LogP contribution in [0.5, 0.6) is 5.75 Å². The minimum Gasteiger partial charge on any atom is -0.497 e. The number of hydrogen-bond donors (Lipinski definition) is 0. The molecule has 1 heterocycles. The third kappa shape index (κ3) is 2.31.